The fourth-order valence-electron chi connectivity index (χ4n) is 2.29. The summed E-state index contributed by atoms with van der Waals surface area (Å²) in [5.41, 5.74) is 7.38. The van der Waals surface area contributed by atoms with Crippen LogP contribution in [0.15, 0.2) is 65.8 Å². The number of aromatic nitrogens is 1. The molecular formula is C17H15FN2S. The first-order valence-electron chi connectivity index (χ1n) is 6.70. The van der Waals surface area contributed by atoms with Gasteiger partial charge in [0.25, 0.3) is 0 Å². The van der Waals surface area contributed by atoms with Gasteiger partial charge in [-0.1, -0.05) is 24.3 Å². The summed E-state index contributed by atoms with van der Waals surface area (Å²) < 4.78 is 13.2. The lowest BCUT2D eigenvalue weighted by atomic mass is 10.0. The first kappa shape index (κ1) is 14.0. The summed E-state index contributed by atoms with van der Waals surface area (Å²) in [6, 6.07) is 14.5. The monoisotopic (exact) mass is 298 g/mol. The van der Waals surface area contributed by atoms with Gasteiger partial charge in [0, 0.05) is 34.5 Å². The summed E-state index contributed by atoms with van der Waals surface area (Å²) in [5, 5.41) is 2.21. The van der Waals surface area contributed by atoms with Crippen molar-refractivity contribution in [2.45, 2.75) is 10.9 Å². The minimum absolute atomic E-state index is 0.119. The van der Waals surface area contributed by atoms with Crippen LogP contribution in [0.3, 0.4) is 0 Å². The van der Waals surface area contributed by atoms with E-state index in [1.54, 1.807) is 24.0 Å². The van der Waals surface area contributed by atoms with E-state index in [9.17, 15) is 4.39 Å². The first-order valence-corrected chi connectivity index (χ1v) is 7.69. The van der Waals surface area contributed by atoms with Crippen molar-refractivity contribution in [1.82, 2.24) is 4.98 Å². The highest BCUT2D eigenvalue weighted by Crippen LogP contribution is 2.27. The highest BCUT2D eigenvalue weighted by molar-refractivity contribution is 7.99. The van der Waals surface area contributed by atoms with Gasteiger partial charge < -0.3 is 5.73 Å². The summed E-state index contributed by atoms with van der Waals surface area (Å²) >= 11 is 1.56. The summed E-state index contributed by atoms with van der Waals surface area (Å²) in [4.78, 5) is 5.07. The Labute approximate surface area is 127 Å². The number of hydrogen-bond donors (Lipinski definition) is 1. The van der Waals surface area contributed by atoms with E-state index in [4.69, 9.17) is 5.73 Å². The number of fused-ring (bicyclic) bond motifs is 1. The molecule has 0 fully saturated rings. The second-order valence-electron chi connectivity index (χ2n) is 4.82. The number of benzene rings is 2. The Hall–Kier alpha value is -1.91. The van der Waals surface area contributed by atoms with Crippen molar-refractivity contribution in [2.75, 3.05) is 5.75 Å². The van der Waals surface area contributed by atoms with Gasteiger partial charge in [-0.2, -0.15) is 0 Å². The molecule has 0 spiro atoms. The molecule has 1 atom stereocenters. The van der Waals surface area contributed by atoms with Crippen LogP contribution in [0.4, 0.5) is 4.39 Å². The second kappa shape index (κ2) is 6.24. The summed E-state index contributed by atoms with van der Waals surface area (Å²) in [6.45, 7) is 0. The largest absolute Gasteiger partial charge is 0.323 e. The number of nitrogens with zero attached hydrogens (tertiary/aromatic N) is 1. The third-order valence-corrected chi connectivity index (χ3v) is 4.46. The van der Waals surface area contributed by atoms with E-state index in [1.807, 2.05) is 36.5 Å². The molecule has 0 saturated heterocycles. The summed E-state index contributed by atoms with van der Waals surface area (Å²) in [5.74, 6) is 0.472. The Balaban J connectivity index is 1.79. The van der Waals surface area contributed by atoms with Gasteiger partial charge in [-0.05, 0) is 35.2 Å². The fraction of sp³-hybridized carbons (Fsp3) is 0.118. The van der Waals surface area contributed by atoms with Crippen LogP contribution in [0.2, 0.25) is 0 Å². The van der Waals surface area contributed by atoms with Crippen LogP contribution < -0.4 is 5.73 Å². The first-order chi connectivity index (χ1) is 10.2. The highest BCUT2D eigenvalue weighted by atomic mass is 32.2. The fourth-order valence-corrected chi connectivity index (χ4v) is 3.22. The van der Waals surface area contributed by atoms with Crippen LogP contribution in [0.5, 0.6) is 0 Å². The van der Waals surface area contributed by atoms with Crippen LogP contribution >= 0.6 is 11.8 Å². The molecule has 21 heavy (non-hydrogen) atoms. The molecule has 106 valence electrons. The molecule has 0 aliphatic rings. The number of pyridine rings is 1. The molecule has 0 saturated carbocycles. The molecule has 1 heterocycles. The standard InChI is InChI=1S/C17H15FN2S/c18-13-4-2-5-14(9-13)21-11-17(19)15-6-1-3-12-7-8-20-10-16(12)15/h1-10,17H,11,19H2. The molecule has 0 aliphatic carbocycles. The normalized spacial score (nSPS) is 12.5. The topological polar surface area (TPSA) is 38.9 Å². The van der Waals surface area contributed by atoms with Gasteiger partial charge >= 0.3 is 0 Å². The van der Waals surface area contributed by atoms with Crippen molar-refractivity contribution in [3.8, 4) is 0 Å². The number of hydrogen-bond acceptors (Lipinski definition) is 3. The molecule has 2 N–H and O–H groups in total. The van der Waals surface area contributed by atoms with E-state index in [2.05, 4.69) is 4.98 Å². The summed E-state index contributed by atoms with van der Waals surface area (Å²) in [7, 11) is 0. The van der Waals surface area contributed by atoms with Crippen molar-refractivity contribution in [3.63, 3.8) is 0 Å². The van der Waals surface area contributed by atoms with Crippen LogP contribution in [-0.2, 0) is 0 Å². The molecule has 3 aromatic rings. The van der Waals surface area contributed by atoms with E-state index in [-0.39, 0.29) is 11.9 Å². The minimum Gasteiger partial charge on any atom is -0.323 e. The van der Waals surface area contributed by atoms with Crippen molar-refractivity contribution in [3.05, 3.63) is 72.3 Å². The van der Waals surface area contributed by atoms with E-state index >= 15 is 0 Å². The van der Waals surface area contributed by atoms with Crippen molar-refractivity contribution in [1.29, 1.82) is 0 Å². The average Bonchev–Trinajstić information content (AvgIpc) is 2.52. The average molecular weight is 298 g/mol. The maximum Gasteiger partial charge on any atom is 0.124 e. The molecule has 0 radical (unpaired) electrons. The zero-order valence-electron chi connectivity index (χ0n) is 11.4. The molecule has 1 aromatic heterocycles. The quantitative estimate of drug-likeness (QED) is 0.735. The molecule has 1 unspecified atom stereocenters. The summed E-state index contributed by atoms with van der Waals surface area (Å²) in [6.07, 6.45) is 3.62. The van der Waals surface area contributed by atoms with E-state index in [0.29, 0.717) is 5.75 Å². The molecule has 0 bridgehead atoms. The predicted molar refractivity (Wildman–Crippen MR) is 85.8 cm³/mol. The maximum absolute atomic E-state index is 13.2. The van der Waals surface area contributed by atoms with Crippen LogP contribution in [-0.4, -0.2) is 10.7 Å². The minimum atomic E-state index is -0.220. The van der Waals surface area contributed by atoms with Gasteiger partial charge in [-0.25, -0.2) is 4.39 Å². The Morgan fingerprint density at radius 2 is 2.00 bits per heavy atom. The predicted octanol–water partition coefficient (Wildman–Crippen LogP) is 4.17. The van der Waals surface area contributed by atoms with Crippen molar-refractivity contribution in [2.24, 2.45) is 5.73 Å². The zero-order valence-corrected chi connectivity index (χ0v) is 12.2. The molecule has 0 amide bonds. The second-order valence-corrected chi connectivity index (χ2v) is 5.91. The maximum atomic E-state index is 13.2. The van der Waals surface area contributed by atoms with Gasteiger partial charge in [-0.3, -0.25) is 4.98 Å². The van der Waals surface area contributed by atoms with E-state index in [1.165, 1.54) is 12.1 Å². The lowest BCUT2D eigenvalue weighted by Gasteiger charge is -2.14. The van der Waals surface area contributed by atoms with Gasteiger partial charge in [0.15, 0.2) is 0 Å². The molecular weight excluding hydrogens is 283 g/mol. The third-order valence-electron chi connectivity index (χ3n) is 3.34. The Morgan fingerprint density at radius 3 is 2.86 bits per heavy atom. The van der Waals surface area contributed by atoms with Crippen LogP contribution in [0.1, 0.15) is 11.6 Å². The number of nitrogens with two attached hydrogens (primary N) is 1. The lowest BCUT2D eigenvalue weighted by molar-refractivity contribution is 0.624. The molecule has 4 heteroatoms. The molecule has 0 aliphatic heterocycles. The zero-order chi connectivity index (χ0) is 14.7. The van der Waals surface area contributed by atoms with Gasteiger partial charge in [-0.15, -0.1) is 11.8 Å². The van der Waals surface area contributed by atoms with Gasteiger partial charge in [0.05, 0.1) is 0 Å². The van der Waals surface area contributed by atoms with Gasteiger partial charge in [0.2, 0.25) is 0 Å². The van der Waals surface area contributed by atoms with E-state index in [0.717, 1.165) is 21.2 Å². The number of halogens is 1. The Morgan fingerprint density at radius 1 is 1.14 bits per heavy atom. The van der Waals surface area contributed by atoms with Crippen LogP contribution in [0.25, 0.3) is 10.8 Å². The molecule has 3 rings (SSSR count). The smallest absolute Gasteiger partial charge is 0.124 e. The SMILES string of the molecule is NC(CSc1cccc(F)c1)c1cccc2ccncc12. The molecule has 2 aromatic carbocycles. The van der Waals surface area contributed by atoms with Gasteiger partial charge in [0.1, 0.15) is 5.82 Å². The Bertz CT molecular complexity index is 755. The number of rotatable bonds is 4. The lowest BCUT2D eigenvalue weighted by Crippen LogP contribution is -2.13. The van der Waals surface area contributed by atoms with Crippen molar-refractivity contribution >= 4 is 22.5 Å². The number of thioether (sulfide) groups is 1. The molecule has 2 nitrogen and oxygen atoms in total. The van der Waals surface area contributed by atoms with Crippen molar-refractivity contribution < 1.29 is 4.39 Å². The highest BCUT2D eigenvalue weighted by Gasteiger charge is 2.10. The Kier molecular flexibility index (Phi) is 4.18. The van der Waals surface area contributed by atoms with E-state index < -0.39 is 0 Å². The van der Waals surface area contributed by atoms with Crippen LogP contribution in [0, 0.1) is 5.82 Å². The third kappa shape index (κ3) is 3.23.